The van der Waals surface area contributed by atoms with Crippen LogP contribution in [0.15, 0.2) is 10.7 Å². The average molecular weight is 192 g/mol. The van der Waals surface area contributed by atoms with Crippen LogP contribution in [0.2, 0.25) is 0 Å². The Morgan fingerprint density at radius 2 is 2.21 bits per heavy atom. The normalized spacial score (nSPS) is 27.9. The van der Waals surface area contributed by atoms with Gasteiger partial charge in [-0.05, 0) is 25.8 Å². The molecule has 1 saturated carbocycles. The number of nitrogens with one attached hydrogen (secondary N) is 1. The molecule has 3 heteroatoms. The molecule has 3 nitrogen and oxygen atoms in total. The predicted octanol–water partition coefficient (Wildman–Crippen LogP) is 2.02. The molecular formula is C11H16N2O. The molecule has 1 atom stereocenters. The molecule has 0 aromatic carbocycles. The van der Waals surface area contributed by atoms with Crippen LogP contribution in [-0.2, 0) is 0 Å². The van der Waals surface area contributed by atoms with Crippen LogP contribution in [0.3, 0.4) is 0 Å². The Morgan fingerprint density at radius 1 is 1.29 bits per heavy atom. The van der Waals surface area contributed by atoms with Crippen molar-refractivity contribution in [1.82, 2.24) is 10.3 Å². The molecule has 2 aliphatic rings. The topological polar surface area (TPSA) is 38.1 Å². The average Bonchev–Trinajstić information content (AvgIpc) is 2.65. The molecule has 1 N–H and O–H groups in total. The second-order valence-corrected chi connectivity index (χ2v) is 4.43. The second kappa shape index (κ2) is 3.39. The van der Waals surface area contributed by atoms with E-state index in [0.29, 0.717) is 11.8 Å². The lowest BCUT2D eigenvalue weighted by molar-refractivity contribution is 0.409. The third kappa shape index (κ3) is 1.36. The number of hydrogen-bond donors (Lipinski definition) is 1. The third-order valence-electron chi connectivity index (χ3n) is 3.47. The van der Waals surface area contributed by atoms with Gasteiger partial charge in [0.15, 0.2) is 5.89 Å². The van der Waals surface area contributed by atoms with Crippen molar-refractivity contribution in [3.05, 3.63) is 17.8 Å². The van der Waals surface area contributed by atoms with Crippen LogP contribution < -0.4 is 5.32 Å². The van der Waals surface area contributed by atoms with Gasteiger partial charge >= 0.3 is 0 Å². The highest BCUT2D eigenvalue weighted by molar-refractivity contribution is 5.10. The zero-order chi connectivity index (χ0) is 9.38. The van der Waals surface area contributed by atoms with Gasteiger partial charge in [0.05, 0.1) is 5.69 Å². The van der Waals surface area contributed by atoms with Gasteiger partial charge in [-0.2, -0.15) is 0 Å². The minimum atomic E-state index is 0.517. The van der Waals surface area contributed by atoms with Crippen molar-refractivity contribution in [2.75, 3.05) is 13.1 Å². The highest BCUT2D eigenvalue weighted by atomic mass is 16.3. The van der Waals surface area contributed by atoms with E-state index in [2.05, 4.69) is 10.3 Å². The summed E-state index contributed by atoms with van der Waals surface area (Å²) in [4.78, 5) is 4.61. The molecule has 1 saturated heterocycles. The quantitative estimate of drug-likeness (QED) is 0.779. The van der Waals surface area contributed by atoms with Crippen LogP contribution in [0.4, 0.5) is 0 Å². The number of nitrogens with zero attached hydrogens (tertiary/aromatic N) is 1. The first kappa shape index (κ1) is 8.48. The number of rotatable bonds is 2. The zero-order valence-electron chi connectivity index (χ0n) is 8.33. The highest BCUT2D eigenvalue weighted by Crippen LogP contribution is 2.36. The maximum atomic E-state index is 5.55. The van der Waals surface area contributed by atoms with Gasteiger partial charge in [-0.25, -0.2) is 4.98 Å². The summed E-state index contributed by atoms with van der Waals surface area (Å²) in [5.74, 6) is 2.17. The number of oxazole rings is 1. The summed E-state index contributed by atoms with van der Waals surface area (Å²) >= 11 is 0. The molecule has 1 unspecified atom stereocenters. The van der Waals surface area contributed by atoms with Crippen LogP contribution in [0.5, 0.6) is 0 Å². The summed E-state index contributed by atoms with van der Waals surface area (Å²) in [5, 5.41) is 3.34. The smallest absolute Gasteiger partial charge is 0.198 e. The van der Waals surface area contributed by atoms with Crippen molar-refractivity contribution in [1.29, 1.82) is 0 Å². The van der Waals surface area contributed by atoms with Crippen LogP contribution in [-0.4, -0.2) is 18.1 Å². The fourth-order valence-corrected chi connectivity index (χ4v) is 2.25. The first-order valence-electron chi connectivity index (χ1n) is 5.59. The van der Waals surface area contributed by atoms with E-state index >= 15 is 0 Å². The fraction of sp³-hybridized carbons (Fsp3) is 0.727. The van der Waals surface area contributed by atoms with Crippen molar-refractivity contribution in [3.63, 3.8) is 0 Å². The van der Waals surface area contributed by atoms with Gasteiger partial charge in [0.25, 0.3) is 0 Å². The molecule has 1 aliphatic carbocycles. The molecule has 0 radical (unpaired) electrons. The molecule has 1 aliphatic heterocycles. The largest absolute Gasteiger partial charge is 0.448 e. The van der Waals surface area contributed by atoms with Crippen LogP contribution in [0.1, 0.15) is 49.1 Å². The lowest BCUT2D eigenvalue weighted by Crippen LogP contribution is -2.10. The first-order valence-corrected chi connectivity index (χ1v) is 5.59. The summed E-state index contributed by atoms with van der Waals surface area (Å²) in [5.41, 5.74) is 1.19. The summed E-state index contributed by atoms with van der Waals surface area (Å²) in [7, 11) is 0. The molecule has 1 aromatic rings. The van der Waals surface area contributed by atoms with Crippen LogP contribution in [0, 0.1) is 0 Å². The molecule has 14 heavy (non-hydrogen) atoms. The van der Waals surface area contributed by atoms with E-state index in [-0.39, 0.29) is 0 Å². The molecule has 0 amide bonds. The molecule has 3 rings (SSSR count). The van der Waals surface area contributed by atoms with Crippen molar-refractivity contribution in [2.45, 2.75) is 37.5 Å². The SMILES string of the molecule is c1oc(C2CCNC2)nc1C1CCC1. The summed E-state index contributed by atoms with van der Waals surface area (Å²) in [6.07, 6.45) is 7.00. The molecule has 2 heterocycles. The van der Waals surface area contributed by atoms with E-state index in [1.165, 1.54) is 31.4 Å². The first-order chi connectivity index (χ1) is 6.93. The monoisotopic (exact) mass is 192 g/mol. The van der Waals surface area contributed by atoms with E-state index in [9.17, 15) is 0 Å². The molecule has 1 aromatic heterocycles. The van der Waals surface area contributed by atoms with Crippen LogP contribution in [0.25, 0.3) is 0 Å². The van der Waals surface area contributed by atoms with Gasteiger partial charge in [-0.1, -0.05) is 6.42 Å². The van der Waals surface area contributed by atoms with Crippen molar-refractivity contribution in [2.24, 2.45) is 0 Å². The number of aromatic nitrogens is 1. The van der Waals surface area contributed by atoms with Gasteiger partial charge < -0.3 is 9.73 Å². The fourth-order valence-electron chi connectivity index (χ4n) is 2.25. The Balaban J connectivity index is 1.75. The van der Waals surface area contributed by atoms with E-state index in [4.69, 9.17) is 4.42 Å². The Kier molecular flexibility index (Phi) is 2.05. The molecule has 0 bridgehead atoms. The lowest BCUT2D eigenvalue weighted by Gasteiger charge is -2.22. The molecule has 2 fully saturated rings. The van der Waals surface area contributed by atoms with Gasteiger partial charge in [0.1, 0.15) is 6.26 Å². The Morgan fingerprint density at radius 3 is 2.86 bits per heavy atom. The maximum Gasteiger partial charge on any atom is 0.198 e. The highest BCUT2D eigenvalue weighted by Gasteiger charge is 2.26. The lowest BCUT2D eigenvalue weighted by atomic mass is 9.83. The Bertz CT molecular complexity index is 311. The van der Waals surface area contributed by atoms with Gasteiger partial charge in [-0.3, -0.25) is 0 Å². The number of hydrogen-bond acceptors (Lipinski definition) is 3. The maximum absolute atomic E-state index is 5.55. The molecular weight excluding hydrogens is 176 g/mol. The van der Waals surface area contributed by atoms with Gasteiger partial charge in [0.2, 0.25) is 0 Å². The predicted molar refractivity (Wildman–Crippen MR) is 53.3 cm³/mol. The van der Waals surface area contributed by atoms with Crippen molar-refractivity contribution in [3.8, 4) is 0 Å². The molecule has 76 valence electrons. The summed E-state index contributed by atoms with van der Waals surface area (Å²) < 4.78 is 5.55. The van der Waals surface area contributed by atoms with Crippen molar-refractivity contribution < 1.29 is 4.42 Å². The van der Waals surface area contributed by atoms with Gasteiger partial charge in [-0.15, -0.1) is 0 Å². The second-order valence-electron chi connectivity index (χ2n) is 4.43. The molecule has 0 spiro atoms. The minimum absolute atomic E-state index is 0.517. The van der Waals surface area contributed by atoms with E-state index in [1.807, 2.05) is 6.26 Å². The minimum Gasteiger partial charge on any atom is -0.448 e. The summed E-state index contributed by atoms with van der Waals surface area (Å²) in [6.45, 7) is 2.14. The standard InChI is InChI=1S/C11H16N2O/c1-2-8(3-1)10-7-14-11(13-10)9-4-5-12-6-9/h7-9,12H,1-6H2. The van der Waals surface area contributed by atoms with E-state index < -0.39 is 0 Å². The summed E-state index contributed by atoms with van der Waals surface area (Å²) in [6, 6.07) is 0. The van der Waals surface area contributed by atoms with Crippen LogP contribution >= 0.6 is 0 Å². The Labute approximate surface area is 83.9 Å². The van der Waals surface area contributed by atoms with E-state index in [0.717, 1.165) is 19.0 Å². The zero-order valence-corrected chi connectivity index (χ0v) is 8.33. The van der Waals surface area contributed by atoms with Gasteiger partial charge in [0, 0.05) is 18.4 Å². The van der Waals surface area contributed by atoms with E-state index in [1.54, 1.807) is 0 Å². The Hall–Kier alpha value is -0.830. The third-order valence-corrected chi connectivity index (χ3v) is 3.47. The van der Waals surface area contributed by atoms with Crippen molar-refractivity contribution >= 4 is 0 Å².